The first-order valence-electron chi connectivity index (χ1n) is 6.05. The summed E-state index contributed by atoms with van der Waals surface area (Å²) in [4.78, 5) is 12.1. The zero-order valence-corrected chi connectivity index (χ0v) is 11.1. The highest BCUT2D eigenvalue weighted by atomic mass is 16.3. The Morgan fingerprint density at radius 2 is 1.45 bits per heavy atom. The molecule has 0 aliphatic carbocycles. The van der Waals surface area contributed by atoms with Gasteiger partial charge in [0.05, 0.1) is 0 Å². The normalized spacial score (nSPS) is 14.2. The smallest absolute Gasteiger partial charge is 0.335 e. The van der Waals surface area contributed by atoms with E-state index in [0.717, 1.165) is 9.13 Å². The first kappa shape index (κ1) is 14.2. The fourth-order valence-corrected chi connectivity index (χ4v) is 2.10. The topological polar surface area (TPSA) is 108 Å². The minimum Gasteiger partial charge on any atom is -0.508 e. The third kappa shape index (κ3) is 2.17. The van der Waals surface area contributed by atoms with Crippen molar-refractivity contribution >= 4 is 0 Å². The molecule has 7 nitrogen and oxygen atoms in total. The standard InChI is InChI=1S/C13H16N2O5/c1-7(16)14-11(9-3-5-10(18)6-4-9)12(19)15(8(2)17)13(14)20/h3-8,16-19H,1-2H3. The fourth-order valence-electron chi connectivity index (χ4n) is 2.10. The van der Waals surface area contributed by atoms with Crippen molar-refractivity contribution in [3.63, 3.8) is 0 Å². The van der Waals surface area contributed by atoms with Crippen LogP contribution in [0.2, 0.25) is 0 Å². The molecule has 7 heteroatoms. The highest BCUT2D eigenvalue weighted by Crippen LogP contribution is 2.32. The van der Waals surface area contributed by atoms with Gasteiger partial charge in [-0.15, -0.1) is 0 Å². The van der Waals surface area contributed by atoms with E-state index in [9.17, 15) is 25.2 Å². The SMILES string of the molecule is CC(O)n1c(O)c(-c2ccc(O)cc2)n(C(C)O)c1=O. The number of rotatable bonds is 3. The van der Waals surface area contributed by atoms with Crippen LogP contribution >= 0.6 is 0 Å². The Morgan fingerprint density at radius 3 is 1.90 bits per heavy atom. The molecular weight excluding hydrogens is 264 g/mol. The molecule has 0 bridgehead atoms. The van der Waals surface area contributed by atoms with Crippen LogP contribution in [0.1, 0.15) is 26.3 Å². The molecule has 0 saturated heterocycles. The van der Waals surface area contributed by atoms with Crippen molar-refractivity contribution in [2.75, 3.05) is 0 Å². The minimum atomic E-state index is -1.24. The van der Waals surface area contributed by atoms with E-state index < -0.39 is 24.0 Å². The van der Waals surface area contributed by atoms with Crippen molar-refractivity contribution in [3.05, 3.63) is 34.7 Å². The van der Waals surface area contributed by atoms with Gasteiger partial charge in [-0.1, -0.05) is 0 Å². The van der Waals surface area contributed by atoms with Crippen molar-refractivity contribution in [1.82, 2.24) is 9.13 Å². The molecule has 0 saturated carbocycles. The summed E-state index contributed by atoms with van der Waals surface area (Å²) < 4.78 is 1.74. The predicted octanol–water partition coefficient (Wildman–Crippen LogP) is 0.750. The lowest BCUT2D eigenvalue weighted by Gasteiger charge is -2.10. The lowest BCUT2D eigenvalue weighted by atomic mass is 10.1. The van der Waals surface area contributed by atoms with Gasteiger partial charge in [0.15, 0.2) is 0 Å². The van der Waals surface area contributed by atoms with Crippen molar-refractivity contribution in [2.24, 2.45) is 0 Å². The molecule has 2 unspecified atom stereocenters. The van der Waals surface area contributed by atoms with Gasteiger partial charge in [-0.25, -0.2) is 9.36 Å². The Kier molecular flexibility index (Phi) is 3.56. The number of aromatic hydroxyl groups is 2. The molecule has 0 aliphatic heterocycles. The van der Waals surface area contributed by atoms with Gasteiger partial charge in [0.2, 0.25) is 5.88 Å². The molecular formula is C13H16N2O5. The van der Waals surface area contributed by atoms with E-state index >= 15 is 0 Å². The van der Waals surface area contributed by atoms with E-state index in [1.807, 2.05) is 0 Å². The zero-order chi connectivity index (χ0) is 15.0. The molecule has 2 aromatic rings. The molecule has 4 N–H and O–H groups in total. The highest BCUT2D eigenvalue weighted by Gasteiger charge is 2.25. The number of aromatic nitrogens is 2. The summed E-state index contributed by atoms with van der Waals surface area (Å²) in [7, 11) is 0. The molecule has 108 valence electrons. The van der Waals surface area contributed by atoms with Gasteiger partial charge in [0, 0.05) is 5.56 Å². The van der Waals surface area contributed by atoms with E-state index in [1.165, 1.54) is 38.1 Å². The molecule has 2 atom stereocenters. The van der Waals surface area contributed by atoms with Gasteiger partial charge in [0.25, 0.3) is 0 Å². The minimum absolute atomic E-state index is 0.0362. The molecule has 0 amide bonds. The Balaban J connectivity index is 2.78. The van der Waals surface area contributed by atoms with Crippen LogP contribution in [0.15, 0.2) is 29.1 Å². The molecule has 0 radical (unpaired) electrons. The molecule has 20 heavy (non-hydrogen) atoms. The predicted molar refractivity (Wildman–Crippen MR) is 71.3 cm³/mol. The van der Waals surface area contributed by atoms with Crippen LogP contribution in [0.25, 0.3) is 11.3 Å². The van der Waals surface area contributed by atoms with E-state index in [0.29, 0.717) is 5.56 Å². The van der Waals surface area contributed by atoms with Crippen LogP contribution in [0.4, 0.5) is 0 Å². The molecule has 2 rings (SSSR count). The van der Waals surface area contributed by atoms with E-state index in [2.05, 4.69) is 0 Å². The summed E-state index contributed by atoms with van der Waals surface area (Å²) in [5, 5.41) is 38.7. The van der Waals surface area contributed by atoms with E-state index in [4.69, 9.17) is 0 Å². The Hall–Kier alpha value is -2.25. The Morgan fingerprint density at radius 1 is 0.950 bits per heavy atom. The summed E-state index contributed by atoms with van der Waals surface area (Å²) in [6.45, 7) is 2.70. The maximum Gasteiger partial charge on any atom is 0.335 e. The van der Waals surface area contributed by atoms with Crippen LogP contribution < -0.4 is 5.69 Å². The van der Waals surface area contributed by atoms with Crippen molar-refractivity contribution < 1.29 is 20.4 Å². The third-order valence-corrected chi connectivity index (χ3v) is 2.98. The van der Waals surface area contributed by atoms with Gasteiger partial charge < -0.3 is 20.4 Å². The van der Waals surface area contributed by atoms with E-state index in [1.54, 1.807) is 0 Å². The largest absolute Gasteiger partial charge is 0.508 e. The first-order valence-corrected chi connectivity index (χ1v) is 6.05. The summed E-state index contributed by atoms with van der Waals surface area (Å²) in [6, 6.07) is 5.78. The first-order chi connectivity index (χ1) is 9.34. The number of nitrogens with zero attached hydrogens (tertiary/aromatic N) is 2. The number of aliphatic hydroxyl groups is 2. The number of phenols is 1. The lowest BCUT2D eigenvalue weighted by molar-refractivity contribution is 0.0994. The maximum atomic E-state index is 12.1. The second-order valence-corrected chi connectivity index (χ2v) is 4.51. The van der Waals surface area contributed by atoms with Gasteiger partial charge >= 0.3 is 5.69 Å². The Labute approximate surface area is 114 Å². The Bertz CT molecular complexity index is 667. The lowest BCUT2D eigenvalue weighted by Crippen LogP contribution is -2.28. The third-order valence-electron chi connectivity index (χ3n) is 2.98. The van der Waals surface area contributed by atoms with Crippen LogP contribution in [0.5, 0.6) is 11.6 Å². The van der Waals surface area contributed by atoms with Crippen LogP contribution in [0.3, 0.4) is 0 Å². The number of aliphatic hydroxyl groups excluding tert-OH is 2. The quantitative estimate of drug-likeness (QED) is 0.663. The van der Waals surface area contributed by atoms with Crippen molar-refractivity contribution in [2.45, 2.75) is 26.3 Å². The molecule has 0 fully saturated rings. The van der Waals surface area contributed by atoms with Gasteiger partial charge in [-0.2, -0.15) is 0 Å². The van der Waals surface area contributed by atoms with Crippen LogP contribution in [-0.4, -0.2) is 29.6 Å². The molecule has 1 aromatic carbocycles. The number of imidazole rings is 1. The van der Waals surface area contributed by atoms with Gasteiger partial charge in [0.1, 0.15) is 23.9 Å². The number of phenolic OH excluding ortho intramolecular Hbond substituents is 1. The monoisotopic (exact) mass is 280 g/mol. The number of hydrogen-bond donors (Lipinski definition) is 4. The number of benzene rings is 1. The average Bonchev–Trinajstić information content (AvgIpc) is 2.62. The summed E-state index contributed by atoms with van der Waals surface area (Å²) in [5.74, 6) is -0.411. The molecule has 0 spiro atoms. The summed E-state index contributed by atoms with van der Waals surface area (Å²) >= 11 is 0. The average molecular weight is 280 g/mol. The fraction of sp³-hybridized carbons (Fsp3) is 0.308. The van der Waals surface area contributed by atoms with Crippen molar-refractivity contribution in [1.29, 1.82) is 0 Å². The molecule has 1 heterocycles. The van der Waals surface area contributed by atoms with Gasteiger partial charge in [-0.05, 0) is 38.1 Å². The molecule has 1 aromatic heterocycles. The van der Waals surface area contributed by atoms with Crippen LogP contribution in [-0.2, 0) is 0 Å². The molecule has 0 aliphatic rings. The zero-order valence-electron chi connectivity index (χ0n) is 11.1. The summed E-state index contributed by atoms with van der Waals surface area (Å²) in [6.07, 6.45) is -2.42. The van der Waals surface area contributed by atoms with Gasteiger partial charge in [-0.3, -0.25) is 4.57 Å². The van der Waals surface area contributed by atoms with Crippen molar-refractivity contribution in [3.8, 4) is 22.9 Å². The highest BCUT2D eigenvalue weighted by molar-refractivity contribution is 5.66. The maximum absolute atomic E-state index is 12.1. The second kappa shape index (κ2) is 5.03. The van der Waals surface area contributed by atoms with E-state index in [-0.39, 0.29) is 11.4 Å². The number of hydrogen-bond acceptors (Lipinski definition) is 5. The van der Waals surface area contributed by atoms with Crippen LogP contribution in [0, 0.1) is 0 Å². The summed E-state index contributed by atoms with van der Waals surface area (Å²) in [5.41, 5.74) is -0.223. The second-order valence-electron chi connectivity index (χ2n) is 4.51.